The molecule has 3 aromatic rings. The largest absolute Gasteiger partial charge is 0.324 e. The lowest BCUT2D eigenvalue weighted by atomic mass is 10.2. The summed E-state index contributed by atoms with van der Waals surface area (Å²) < 4.78 is 53.6. The van der Waals surface area contributed by atoms with Crippen LogP contribution in [0.25, 0.3) is 0 Å². The minimum Gasteiger partial charge on any atom is -0.324 e. The number of sulfonamides is 2. The molecule has 1 atom stereocenters. The monoisotopic (exact) mass is 521 g/mol. The standard InChI is InChI=1S/C23H24ClN3O5S2/c1-16-8-12-19(13-9-16)27(33(3,29)30)17(2)23(28)25-18-10-14-20(15-11-18)34(31,32)26-22-7-5-4-6-21(22)24/h4-15,17,26H,1-3H3,(H,25,28). The number of carbonyl (C=O) groups is 1. The molecule has 1 amide bonds. The second-order valence-corrected chi connectivity index (χ2v) is 11.6. The number of nitrogens with one attached hydrogen (secondary N) is 2. The van der Waals surface area contributed by atoms with Gasteiger partial charge in [0.1, 0.15) is 6.04 Å². The molecular weight excluding hydrogens is 498 g/mol. The van der Waals surface area contributed by atoms with Crippen LogP contribution in [-0.2, 0) is 24.8 Å². The van der Waals surface area contributed by atoms with E-state index in [2.05, 4.69) is 10.0 Å². The third-order valence-corrected chi connectivity index (χ3v) is 7.88. The minimum absolute atomic E-state index is 0.0316. The number of hydrogen-bond acceptors (Lipinski definition) is 5. The van der Waals surface area contributed by atoms with Crippen LogP contribution in [-0.4, -0.2) is 35.0 Å². The van der Waals surface area contributed by atoms with E-state index in [0.29, 0.717) is 11.4 Å². The summed E-state index contributed by atoms with van der Waals surface area (Å²) in [5.41, 5.74) is 1.87. The van der Waals surface area contributed by atoms with Gasteiger partial charge in [0.15, 0.2) is 0 Å². The Hall–Kier alpha value is -3.08. The van der Waals surface area contributed by atoms with E-state index in [4.69, 9.17) is 11.6 Å². The van der Waals surface area contributed by atoms with Gasteiger partial charge in [0.05, 0.1) is 27.5 Å². The molecule has 3 rings (SSSR count). The number of anilines is 3. The van der Waals surface area contributed by atoms with Gasteiger partial charge in [0, 0.05) is 5.69 Å². The van der Waals surface area contributed by atoms with Crippen molar-refractivity contribution in [1.29, 1.82) is 0 Å². The maximum Gasteiger partial charge on any atom is 0.261 e. The molecule has 34 heavy (non-hydrogen) atoms. The molecule has 0 heterocycles. The highest BCUT2D eigenvalue weighted by atomic mass is 35.5. The molecule has 180 valence electrons. The van der Waals surface area contributed by atoms with Gasteiger partial charge in [-0.15, -0.1) is 0 Å². The first-order valence-electron chi connectivity index (χ1n) is 10.1. The van der Waals surface area contributed by atoms with Crippen molar-refractivity contribution in [2.24, 2.45) is 0 Å². The van der Waals surface area contributed by atoms with Crippen molar-refractivity contribution in [3.63, 3.8) is 0 Å². The third-order valence-electron chi connectivity index (χ3n) is 4.93. The highest BCUT2D eigenvalue weighted by molar-refractivity contribution is 7.92. The van der Waals surface area contributed by atoms with Crippen molar-refractivity contribution in [3.05, 3.63) is 83.4 Å². The molecule has 0 radical (unpaired) electrons. The van der Waals surface area contributed by atoms with Gasteiger partial charge in [-0.05, 0) is 62.4 Å². The number of nitrogens with zero attached hydrogens (tertiary/aromatic N) is 1. The van der Waals surface area contributed by atoms with Gasteiger partial charge < -0.3 is 5.32 Å². The van der Waals surface area contributed by atoms with Crippen molar-refractivity contribution in [2.75, 3.05) is 20.6 Å². The molecule has 0 aliphatic heterocycles. The maximum absolute atomic E-state index is 12.8. The Morgan fingerprint density at radius 3 is 2.06 bits per heavy atom. The van der Waals surface area contributed by atoms with Crippen LogP contribution in [0.15, 0.2) is 77.7 Å². The van der Waals surface area contributed by atoms with Gasteiger partial charge in [-0.25, -0.2) is 16.8 Å². The predicted octanol–water partition coefficient (Wildman–Crippen LogP) is 4.24. The Morgan fingerprint density at radius 2 is 1.50 bits per heavy atom. The van der Waals surface area contributed by atoms with Crippen molar-refractivity contribution >= 4 is 54.6 Å². The second kappa shape index (κ2) is 10.0. The zero-order valence-electron chi connectivity index (χ0n) is 18.7. The van der Waals surface area contributed by atoms with Gasteiger partial charge in [-0.2, -0.15) is 0 Å². The van der Waals surface area contributed by atoms with E-state index in [9.17, 15) is 21.6 Å². The van der Waals surface area contributed by atoms with E-state index in [1.54, 1.807) is 42.5 Å². The Labute approximate surface area is 204 Å². The van der Waals surface area contributed by atoms with Crippen molar-refractivity contribution in [1.82, 2.24) is 0 Å². The minimum atomic E-state index is -3.90. The molecule has 11 heteroatoms. The second-order valence-electron chi connectivity index (χ2n) is 7.67. The van der Waals surface area contributed by atoms with Crippen LogP contribution in [0.1, 0.15) is 12.5 Å². The number of halogens is 1. The molecule has 1 unspecified atom stereocenters. The first kappa shape index (κ1) is 25.5. The molecular formula is C23H24ClN3O5S2. The molecule has 2 N–H and O–H groups in total. The summed E-state index contributed by atoms with van der Waals surface area (Å²) in [4.78, 5) is 12.8. The average molecular weight is 522 g/mol. The van der Waals surface area contributed by atoms with Gasteiger partial charge in [0.25, 0.3) is 10.0 Å². The zero-order valence-corrected chi connectivity index (χ0v) is 21.1. The molecule has 3 aromatic carbocycles. The molecule has 0 aliphatic rings. The van der Waals surface area contributed by atoms with Crippen LogP contribution in [0.3, 0.4) is 0 Å². The zero-order chi connectivity index (χ0) is 25.1. The van der Waals surface area contributed by atoms with Crippen LogP contribution < -0.4 is 14.3 Å². The number of amides is 1. The summed E-state index contributed by atoms with van der Waals surface area (Å²) in [6.07, 6.45) is 1.03. The normalized spacial score (nSPS) is 12.6. The molecule has 8 nitrogen and oxygen atoms in total. The molecule has 0 saturated carbocycles. The van der Waals surface area contributed by atoms with Crippen molar-refractivity contribution < 1.29 is 21.6 Å². The molecule has 0 saturated heterocycles. The Balaban J connectivity index is 1.77. The Kier molecular flexibility index (Phi) is 7.54. The number of aryl methyl sites for hydroxylation is 1. The molecule has 0 fully saturated rings. The topological polar surface area (TPSA) is 113 Å². The third kappa shape index (κ3) is 6.07. The highest BCUT2D eigenvalue weighted by Gasteiger charge is 2.29. The summed E-state index contributed by atoms with van der Waals surface area (Å²) >= 11 is 6.02. The van der Waals surface area contributed by atoms with Crippen LogP contribution in [0.5, 0.6) is 0 Å². The van der Waals surface area contributed by atoms with Crippen LogP contribution >= 0.6 is 11.6 Å². The van der Waals surface area contributed by atoms with Gasteiger partial charge in [-0.3, -0.25) is 13.8 Å². The molecule has 0 bridgehead atoms. The lowest BCUT2D eigenvalue weighted by Crippen LogP contribution is -2.45. The smallest absolute Gasteiger partial charge is 0.261 e. The fourth-order valence-corrected chi connectivity index (χ4v) is 5.71. The summed E-state index contributed by atoms with van der Waals surface area (Å²) in [5, 5.41) is 2.89. The van der Waals surface area contributed by atoms with Crippen LogP contribution in [0.4, 0.5) is 17.1 Å². The van der Waals surface area contributed by atoms with E-state index in [0.717, 1.165) is 16.1 Å². The van der Waals surface area contributed by atoms with E-state index in [1.807, 2.05) is 6.92 Å². The fourth-order valence-electron chi connectivity index (χ4n) is 3.21. The van der Waals surface area contributed by atoms with Gasteiger partial charge in [-0.1, -0.05) is 41.4 Å². The predicted molar refractivity (Wildman–Crippen MR) is 135 cm³/mol. The molecule has 0 aromatic heterocycles. The first-order chi connectivity index (χ1) is 15.9. The van der Waals surface area contributed by atoms with Gasteiger partial charge in [0.2, 0.25) is 15.9 Å². The van der Waals surface area contributed by atoms with Crippen molar-refractivity contribution in [2.45, 2.75) is 24.8 Å². The lowest BCUT2D eigenvalue weighted by molar-refractivity contribution is -0.116. The van der Waals surface area contributed by atoms with Crippen LogP contribution in [0, 0.1) is 6.92 Å². The number of rotatable bonds is 8. The molecule has 0 spiro atoms. The summed E-state index contributed by atoms with van der Waals surface area (Å²) in [5.74, 6) is -0.573. The fraction of sp³-hybridized carbons (Fsp3) is 0.174. The Morgan fingerprint density at radius 1 is 0.912 bits per heavy atom. The number of benzene rings is 3. The number of carbonyl (C=O) groups excluding carboxylic acids is 1. The van der Waals surface area contributed by atoms with Crippen LogP contribution in [0.2, 0.25) is 5.02 Å². The first-order valence-corrected chi connectivity index (χ1v) is 13.8. The summed E-state index contributed by atoms with van der Waals surface area (Å²) in [6, 6.07) is 17.7. The Bertz CT molecular complexity index is 1390. The van der Waals surface area contributed by atoms with E-state index < -0.39 is 32.0 Å². The lowest BCUT2D eigenvalue weighted by Gasteiger charge is -2.28. The highest BCUT2D eigenvalue weighted by Crippen LogP contribution is 2.25. The number of para-hydroxylation sites is 1. The van der Waals surface area contributed by atoms with Crippen molar-refractivity contribution in [3.8, 4) is 0 Å². The van der Waals surface area contributed by atoms with E-state index in [-0.39, 0.29) is 15.6 Å². The van der Waals surface area contributed by atoms with E-state index >= 15 is 0 Å². The molecule has 0 aliphatic carbocycles. The maximum atomic E-state index is 12.8. The SMILES string of the molecule is Cc1ccc(N(C(C)C(=O)Nc2ccc(S(=O)(=O)Nc3ccccc3Cl)cc2)S(C)(=O)=O)cc1. The quantitative estimate of drug-likeness (QED) is 0.460. The van der Waals surface area contributed by atoms with Gasteiger partial charge >= 0.3 is 0 Å². The number of hydrogen-bond donors (Lipinski definition) is 2. The summed E-state index contributed by atoms with van der Waals surface area (Å²) in [6.45, 7) is 3.35. The summed E-state index contributed by atoms with van der Waals surface area (Å²) in [7, 11) is -7.66. The van der Waals surface area contributed by atoms with E-state index in [1.165, 1.54) is 37.3 Å². The average Bonchev–Trinajstić information content (AvgIpc) is 2.76.